The molecular formula is C32H48FN. The molecule has 0 amide bonds. The van der Waals surface area contributed by atoms with Gasteiger partial charge in [0.2, 0.25) is 0 Å². The van der Waals surface area contributed by atoms with Gasteiger partial charge in [0.1, 0.15) is 5.82 Å². The minimum atomic E-state index is -0.137. The van der Waals surface area contributed by atoms with Gasteiger partial charge in [-0.25, -0.2) is 4.39 Å². The van der Waals surface area contributed by atoms with Crippen molar-refractivity contribution >= 4 is 0 Å². The van der Waals surface area contributed by atoms with E-state index in [1.54, 1.807) is 6.07 Å². The summed E-state index contributed by atoms with van der Waals surface area (Å²) in [5.41, 5.74) is 3.83. The number of nitrogens with zero attached hydrogens (tertiary/aromatic N) is 1. The van der Waals surface area contributed by atoms with Crippen LogP contribution in [0.5, 0.6) is 0 Å². The molecule has 1 heterocycles. The average Bonchev–Trinajstić information content (AvgIpc) is 2.87. The summed E-state index contributed by atoms with van der Waals surface area (Å²) in [6.45, 7) is 4.52. The number of benzene rings is 1. The van der Waals surface area contributed by atoms with E-state index in [1.165, 1.54) is 102 Å². The van der Waals surface area contributed by atoms with Crippen LogP contribution >= 0.6 is 0 Å². The first-order chi connectivity index (χ1) is 16.7. The Morgan fingerprint density at radius 1 is 0.765 bits per heavy atom. The van der Waals surface area contributed by atoms with E-state index in [1.807, 2.05) is 18.3 Å². The van der Waals surface area contributed by atoms with Crippen molar-refractivity contribution in [2.45, 2.75) is 129 Å². The average molecular weight is 466 g/mol. The zero-order chi connectivity index (χ0) is 24.0. The normalized spacial score (nSPS) is 18.3. The van der Waals surface area contributed by atoms with Crippen molar-refractivity contribution in [2.75, 3.05) is 0 Å². The monoisotopic (exact) mass is 465 g/mol. The molecule has 0 saturated heterocycles. The summed E-state index contributed by atoms with van der Waals surface area (Å²) in [6.07, 6.45) is 24.3. The summed E-state index contributed by atoms with van der Waals surface area (Å²) in [5.74, 6) is 1.41. The van der Waals surface area contributed by atoms with E-state index >= 15 is 0 Å². The molecule has 0 unspecified atom stereocenters. The maximum Gasteiger partial charge on any atom is 0.132 e. The van der Waals surface area contributed by atoms with E-state index in [9.17, 15) is 4.39 Å². The summed E-state index contributed by atoms with van der Waals surface area (Å²) in [7, 11) is 0. The second kappa shape index (κ2) is 15.3. The van der Waals surface area contributed by atoms with Crippen molar-refractivity contribution in [1.29, 1.82) is 0 Å². The fourth-order valence-electron chi connectivity index (χ4n) is 5.66. The third-order valence-electron chi connectivity index (χ3n) is 7.95. The molecule has 0 N–H and O–H groups in total. The predicted octanol–water partition coefficient (Wildman–Crippen LogP) is 10.4. The number of aryl methyl sites for hydroxylation is 1. The summed E-state index contributed by atoms with van der Waals surface area (Å²) >= 11 is 0. The van der Waals surface area contributed by atoms with Crippen molar-refractivity contribution in [3.05, 3.63) is 53.5 Å². The first kappa shape index (κ1) is 26.9. The van der Waals surface area contributed by atoms with Crippen LogP contribution in [0.4, 0.5) is 4.39 Å². The molecule has 1 aliphatic rings. The Balaban J connectivity index is 1.43. The van der Waals surface area contributed by atoms with Crippen LogP contribution < -0.4 is 0 Å². The zero-order valence-electron chi connectivity index (χ0n) is 22.0. The zero-order valence-corrected chi connectivity index (χ0v) is 22.0. The molecule has 2 aromatic rings. The lowest BCUT2D eigenvalue weighted by Gasteiger charge is -2.28. The topological polar surface area (TPSA) is 12.9 Å². The van der Waals surface area contributed by atoms with Crippen molar-refractivity contribution in [3.8, 4) is 11.3 Å². The number of aromatic nitrogens is 1. The lowest BCUT2D eigenvalue weighted by molar-refractivity contribution is 0.301. The van der Waals surface area contributed by atoms with Gasteiger partial charge in [-0.3, -0.25) is 4.98 Å². The van der Waals surface area contributed by atoms with Gasteiger partial charge in [-0.05, 0) is 79.7 Å². The van der Waals surface area contributed by atoms with Crippen LogP contribution in [-0.2, 0) is 6.42 Å². The molecule has 1 aromatic heterocycles. The minimum Gasteiger partial charge on any atom is -0.256 e. The Bertz CT molecular complexity index is 804. The highest BCUT2D eigenvalue weighted by Gasteiger charge is 2.22. The van der Waals surface area contributed by atoms with Gasteiger partial charge >= 0.3 is 0 Å². The van der Waals surface area contributed by atoms with Gasteiger partial charge in [-0.1, -0.05) is 96.6 Å². The van der Waals surface area contributed by atoms with E-state index in [0.29, 0.717) is 11.5 Å². The molecule has 1 fully saturated rings. The number of hydrogen-bond acceptors (Lipinski definition) is 1. The standard InChI is InChI=1S/C32H48FN/c1-3-5-7-9-11-12-14-26-16-19-28(20-17-26)29-21-23-32(34-25-29)30-22-18-27(24-31(30)33)15-13-10-8-6-4-2/h18,21-26,28H,3-17,19-20H2,1-2H3. The SMILES string of the molecule is CCCCCCCCC1CCC(c2ccc(-c3ccc(CCCCCCC)cc3F)nc2)CC1. The van der Waals surface area contributed by atoms with Crippen LogP contribution in [-0.4, -0.2) is 4.98 Å². The molecule has 34 heavy (non-hydrogen) atoms. The molecule has 0 aliphatic heterocycles. The Hall–Kier alpha value is -1.70. The van der Waals surface area contributed by atoms with Gasteiger partial charge in [-0.15, -0.1) is 0 Å². The predicted molar refractivity (Wildman–Crippen MR) is 145 cm³/mol. The molecule has 1 aliphatic carbocycles. The fraction of sp³-hybridized carbons (Fsp3) is 0.656. The highest BCUT2D eigenvalue weighted by atomic mass is 19.1. The Kier molecular flexibility index (Phi) is 12.1. The number of hydrogen-bond donors (Lipinski definition) is 0. The number of pyridine rings is 1. The van der Waals surface area contributed by atoms with Crippen molar-refractivity contribution in [2.24, 2.45) is 5.92 Å². The maximum atomic E-state index is 14.8. The highest BCUT2D eigenvalue weighted by molar-refractivity contribution is 5.60. The first-order valence-corrected chi connectivity index (χ1v) is 14.5. The molecule has 0 bridgehead atoms. The van der Waals surface area contributed by atoms with E-state index in [-0.39, 0.29) is 5.82 Å². The van der Waals surface area contributed by atoms with E-state index in [0.717, 1.165) is 30.0 Å². The van der Waals surface area contributed by atoms with E-state index < -0.39 is 0 Å². The summed E-state index contributed by atoms with van der Waals surface area (Å²) in [4.78, 5) is 4.67. The highest BCUT2D eigenvalue weighted by Crippen LogP contribution is 2.38. The largest absolute Gasteiger partial charge is 0.256 e. The number of unbranched alkanes of at least 4 members (excludes halogenated alkanes) is 9. The van der Waals surface area contributed by atoms with Gasteiger partial charge in [0.05, 0.1) is 5.69 Å². The molecule has 1 saturated carbocycles. The third-order valence-corrected chi connectivity index (χ3v) is 7.95. The van der Waals surface area contributed by atoms with Gasteiger partial charge in [0, 0.05) is 11.8 Å². The molecular weight excluding hydrogens is 417 g/mol. The summed E-state index contributed by atoms with van der Waals surface area (Å²) in [6, 6.07) is 9.95. The van der Waals surface area contributed by atoms with Crippen molar-refractivity contribution in [3.63, 3.8) is 0 Å². The first-order valence-electron chi connectivity index (χ1n) is 14.5. The van der Waals surface area contributed by atoms with Gasteiger partial charge in [-0.2, -0.15) is 0 Å². The van der Waals surface area contributed by atoms with Gasteiger partial charge < -0.3 is 0 Å². The minimum absolute atomic E-state index is 0.137. The lowest BCUT2D eigenvalue weighted by atomic mass is 9.77. The van der Waals surface area contributed by atoms with Crippen molar-refractivity contribution in [1.82, 2.24) is 4.98 Å². The Morgan fingerprint density at radius 3 is 2.09 bits per heavy atom. The Labute approximate surface area is 209 Å². The van der Waals surface area contributed by atoms with Crippen LogP contribution in [0.3, 0.4) is 0 Å². The van der Waals surface area contributed by atoms with Crippen LogP contribution in [0, 0.1) is 11.7 Å². The molecule has 0 atom stereocenters. The van der Waals surface area contributed by atoms with Crippen LogP contribution in [0.1, 0.15) is 134 Å². The molecule has 1 aromatic carbocycles. The van der Waals surface area contributed by atoms with Crippen LogP contribution in [0.15, 0.2) is 36.5 Å². The molecule has 2 heteroatoms. The Morgan fingerprint density at radius 2 is 1.44 bits per heavy atom. The second-order valence-corrected chi connectivity index (χ2v) is 10.7. The smallest absolute Gasteiger partial charge is 0.132 e. The van der Waals surface area contributed by atoms with E-state index in [4.69, 9.17) is 0 Å². The fourth-order valence-corrected chi connectivity index (χ4v) is 5.66. The lowest BCUT2D eigenvalue weighted by Crippen LogP contribution is -2.13. The quantitative estimate of drug-likeness (QED) is 0.238. The third kappa shape index (κ3) is 8.82. The van der Waals surface area contributed by atoms with Gasteiger partial charge in [0.25, 0.3) is 0 Å². The van der Waals surface area contributed by atoms with Gasteiger partial charge in [0.15, 0.2) is 0 Å². The second-order valence-electron chi connectivity index (χ2n) is 10.7. The number of rotatable bonds is 15. The molecule has 188 valence electrons. The van der Waals surface area contributed by atoms with Crippen molar-refractivity contribution < 1.29 is 4.39 Å². The summed E-state index contributed by atoms with van der Waals surface area (Å²) in [5, 5.41) is 0. The van der Waals surface area contributed by atoms with E-state index in [2.05, 4.69) is 31.0 Å². The van der Waals surface area contributed by atoms with Crippen LogP contribution in [0.25, 0.3) is 11.3 Å². The van der Waals surface area contributed by atoms with Crippen LogP contribution in [0.2, 0.25) is 0 Å². The maximum absolute atomic E-state index is 14.8. The molecule has 0 radical (unpaired) electrons. The molecule has 0 spiro atoms. The number of halogens is 1. The molecule has 1 nitrogen and oxygen atoms in total. The molecule has 3 rings (SSSR count). The summed E-state index contributed by atoms with van der Waals surface area (Å²) < 4.78 is 14.8.